The Hall–Kier alpha value is -1.74. The van der Waals surface area contributed by atoms with Gasteiger partial charge in [0, 0.05) is 23.8 Å². The van der Waals surface area contributed by atoms with Gasteiger partial charge in [-0.3, -0.25) is 9.59 Å². The van der Waals surface area contributed by atoms with Gasteiger partial charge in [0.2, 0.25) is 0 Å². The number of allylic oxidation sites excluding steroid dienone is 2. The van der Waals surface area contributed by atoms with Crippen molar-refractivity contribution in [3.63, 3.8) is 0 Å². The van der Waals surface area contributed by atoms with Crippen LogP contribution in [0, 0.1) is 0 Å². The highest BCUT2D eigenvalue weighted by atomic mass is 32.2. The maximum atomic E-state index is 12.0. The zero-order chi connectivity index (χ0) is 29.5. The predicted molar refractivity (Wildman–Crippen MR) is 166 cm³/mol. The van der Waals surface area contributed by atoms with Crippen LogP contribution in [0.3, 0.4) is 0 Å². The molecule has 4 atom stereocenters. The van der Waals surface area contributed by atoms with Gasteiger partial charge in [-0.1, -0.05) is 76.9 Å². The third-order valence-electron chi connectivity index (χ3n) is 7.69. The van der Waals surface area contributed by atoms with Crippen molar-refractivity contribution in [1.82, 2.24) is 10.6 Å². The molecule has 2 rings (SSSR count). The molecule has 0 aliphatic carbocycles. The summed E-state index contributed by atoms with van der Waals surface area (Å²) in [5.41, 5.74) is 0. The maximum Gasteiger partial charge on any atom is 0.315 e. The maximum absolute atomic E-state index is 12.0. The first-order valence-corrected chi connectivity index (χ1v) is 17.3. The molecule has 2 fully saturated rings. The number of hydrogen-bond donors (Lipinski definition) is 2. The van der Waals surface area contributed by atoms with E-state index in [0.29, 0.717) is 18.1 Å². The van der Waals surface area contributed by atoms with Crippen molar-refractivity contribution >= 4 is 29.7 Å². The van der Waals surface area contributed by atoms with Gasteiger partial charge in [-0.15, -0.1) is 0 Å². The summed E-state index contributed by atoms with van der Waals surface area (Å²) in [5, 5.41) is 6.33. The van der Waals surface area contributed by atoms with E-state index >= 15 is 0 Å². The molecule has 1 unspecified atom stereocenters. The Labute approximate surface area is 252 Å². The number of carbonyl (C=O) groups is 3. The summed E-state index contributed by atoms with van der Waals surface area (Å²) in [7, 11) is 0. The fourth-order valence-electron chi connectivity index (χ4n) is 5.31. The van der Waals surface area contributed by atoms with Crippen LogP contribution in [0.15, 0.2) is 12.2 Å². The second kappa shape index (κ2) is 22.8. The number of amides is 2. The molecule has 2 N–H and O–H groups in total. The van der Waals surface area contributed by atoms with Crippen LogP contribution in [0.4, 0.5) is 4.79 Å². The van der Waals surface area contributed by atoms with Crippen molar-refractivity contribution in [3.05, 3.63) is 12.2 Å². The first-order valence-electron chi connectivity index (χ1n) is 16.3. The van der Waals surface area contributed by atoms with Gasteiger partial charge >= 0.3 is 18.0 Å². The third kappa shape index (κ3) is 17.1. The number of rotatable bonds is 25. The van der Waals surface area contributed by atoms with Gasteiger partial charge in [0.15, 0.2) is 6.79 Å². The van der Waals surface area contributed by atoms with E-state index in [2.05, 4.69) is 29.7 Å². The van der Waals surface area contributed by atoms with Gasteiger partial charge in [0.25, 0.3) is 0 Å². The lowest BCUT2D eigenvalue weighted by Gasteiger charge is -2.16. The fraction of sp³-hybridized carbons (Fsp3) is 0.844. The third-order valence-corrected chi connectivity index (χ3v) is 9.20. The molecule has 2 heterocycles. The number of nitrogens with one attached hydrogen (secondary N) is 2. The standard InChI is InChI=1S/C32H56N2O6S/c1-3-4-5-6-7-8-9-10-11-12-13-14-15-16-17-22-30(36)40-26(2)23-38-25-39-29(35)21-19-18-20-28-31-27(24-41-28)33-32(37)34-31/h10-11,26-28,31H,3-9,12-25H2,1-2H3,(H2,33,34,37)/b11-10+/t26?,27-,28-,31-/m1/s1. The second-order valence-electron chi connectivity index (χ2n) is 11.5. The van der Waals surface area contributed by atoms with E-state index in [1.807, 2.05) is 11.8 Å². The molecular weight excluding hydrogens is 540 g/mol. The van der Waals surface area contributed by atoms with Gasteiger partial charge in [0.1, 0.15) is 6.10 Å². The summed E-state index contributed by atoms with van der Waals surface area (Å²) in [4.78, 5) is 35.4. The highest BCUT2D eigenvalue weighted by Gasteiger charge is 2.42. The molecule has 2 aliphatic heterocycles. The van der Waals surface area contributed by atoms with Crippen LogP contribution >= 0.6 is 11.8 Å². The largest absolute Gasteiger partial charge is 0.460 e. The summed E-state index contributed by atoms with van der Waals surface area (Å²) in [6.07, 6.45) is 23.7. The van der Waals surface area contributed by atoms with Gasteiger partial charge in [-0.2, -0.15) is 11.8 Å². The number of unbranched alkanes of at least 4 members (excludes halogenated alkanes) is 12. The molecule has 0 aromatic rings. The first kappa shape index (κ1) is 35.5. The van der Waals surface area contributed by atoms with Crippen LogP contribution in [0.25, 0.3) is 0 Å². The Morgan fingerprint density at radius 1 is 0.878 bits per heavy atom. The van der Waals surface area contributed by atoms with E-state index in [1.165, 1.54) is 57.8 Å². The molecule has 0 spiro atoms. The lowest BCUT2D eigenvalue weighted by molar-refractivity contribution is -0.164. The van der Waals surface area contributed by atoms with Crippen molar-refractivity contribution in [2.45, 2.75) is 153 Å². The summed E-state index contributed by atoms with van der Waals surface area (Å²) >= 11 is 1.88. The fourth-order valence-corrected chi connectivity index (χ4v) is 6.85. The predicted octanol–water partition coefficient (Wildman–Crippen LogP) is 7.20. The van der Waals surface area contributed by atoms with Crippen molar-refractivity contribution in [2.24, 2.45) is 0 Å². The lowest BCUT2D eigenvalue weighted by Crippen LogP contribution is -2.36. The van der Waals surface area contributed by atoms with Crippen molar-refractivity contribution in [3.8, 4) is 0 Å². The van der Waals surface area contributed by atoms with Crippen molar-refractivity contribution < 1.29 is 28.6 Å². The van der Waals surface area contributed by atoms with Gasteiger partial charge < -0.3 is 24.8 Å². The number of ether oxygens (including phenoxy) is 3. The quantitative estimate of drug-likeness (QED) is 0.0378. The number of fused-ring (bicyclic) bond motifs is 1. The smallest absolute Gasteiger partial charge is 0.315 e. The van der Waals surface area contributed by atoms with E-state index in [4.69, 9.17) is 14.2 Å². The van der Waals surface area contributed by atoms with Crippen molar-refractivity contribution in [1.29, 1.82) is 0 Å². The highest BCUT2D eigenvalue weighted by molar-refractivity contribution is 8.00. The number of thioether (sulfide) groups is 1. The molecule has 9 heteroatoms. The second-order valence-corrected chi connectivity index (χ2v) is 12.8. The Bertz CT molecular complexity index is 764. The van der Waals surface area contributed by atoms with E-state index < -0.39 is 0 Å². The van der Waals surface area contributed by atoms with Crippen LogP contribution < -0.4 is 10.6 Å². The van der Waals surface area contributed by atoms with Crippen molar-refractivity contribution in [2.75, 3.05) is 19.2 Å². The Morgan fingerprint density at radius 2 is 1.51 bits per heavy atom. The molecule has 8 nitrogen and oxygen atoms in total. The molecular formula is C32H56N2O6S. The van der Waals surface area contributed by atoms with Gasteiger partial charge in [0.05, 0.1) is 18.7 Å². The molecule has 2 saturated heterocycles. The summed E-state index contributed by atoms with van der Waals surface area (Å²) < 4.78 is 15.9. The SMILES string of the molecule is CCCCCCCC/C=C/CCCCCCCC(=O)OC(C)COCOC(=O)CCCC[C@H]1SC[C@H]2NC(=O)N[C@H]21. The molecule has 41 heavy (non-hydrogen) atoms. The van der Waals surface area contributed by atoms with E-state index in [9.17, 15) is 14.4 Å². The molecule has 0 bridgehead atoms. The van der Waals surface area contributed by atoms with Gasteiger partial charge in [-0.05, 0) is 51.9 Å². The van der Waals surface area contributed by atoms with Crippen LogP contribution in [-0.4, -0.2) is 60.6 Å². The van der Waals surface area contributed by atoms with E-state index in [0.717, 1.165) is 50.7 Å². The molecule has 0 aromatic heterocycles. The zero-order valence-corrected chi connectivity index (χ0v) is 26.5. The minimum absolute atomic E-state index is 0.0728. The minimum Gasteiger partial charge on any atom is -0.460 e. The average molecular weight is 597 g/mol. The summed E-state index contributed by atoms with van der Waals surface area (Å²) in [6.45, 7) is 4.11. The number of urea groups is 1. The Balaban J connectivity index is 1.32. The number of hydrogen-bond acceptors (Lipinski definition) is 7. The van der Waals surface area contributed by atoms with Gasteiger partial charge in [-0.25, -0.2) is 4.79 Å². The van der Waals surface area contributed by atoms with Crippen LogP contribution in [-0.2, 0) is 23.8 Å². The number of esters is 2. The van der Waals surface area contributed by atoms with Crippen LogP contribution in [0.5, 0.6) is 0 Å². The normalized spacial score (nSPS) is 20.5. The Kier molecular flexibility index (Phi) is 19.7. The minimum atomic E-state index is -0.373. The topological polar surface area (TPSA) is 103 Å². The molecule has 0 radical (unpaired) electrons. The van der Waals surface area contributed by atoms with Crippen LogP contribution in [0.1, 0.15) is 129 Å². The molecule has 0 aromatic carbocycles. The van der Waals surface area contributed by atoms with E-state index in [1.54, 1.807) is 6.92 Å². The molecule has 0 saturated carbocycles. The zero-order valence-electron chi connectivity index (χ0n) is 25.7. The Morgan fingerprint density at radius 3 is 2.24 bits per heavy atom. The molecule has 236 valence electrons. The lowest BCUT2D eigenvalue weighted by atomic mass is 10.0. The van der Waals surface area contributed by atoms with Crippen LogP contribution in [0.2, 0.25) is 0 Å². The summed E-state index contributed by atoms with van der Waals surface area (Å²) in [5.74, 6) is 0.459. The average Bonchev–Trinajstić information content (AvgIpc) is 3.50. The summed E-state index contributed by atoms with van der Waals surface area (Å²) in [6, 6.07) is 0.357. The van der Waals surface area contributed by atoms with E-state index in [-0.39, 0.29) is 49.6 Å². The molecule has 2 amide bonds. The monoisotopic (exact) mass is 596 g/mol. The molecule has 2 aliphatic rings. The first-order chi connectivity index (χ1) is 20.0. The highest BCUT2D eigenvalue weighted by Crippen LogP contribution is 2.33. The number of carbonyl (C=O) groups excluding carboxylic acids is 3.